The molecule has 0 aliphatic heterocycles. The molecule has 102 valence electrons. The quantitative estimate of drug-likeness (QED) is 0.522. The van der Waals surface area contributed by atoms with Crippen LogP contribution in [0.1, 0.15) is 26.7 Å². The zero-order valence-electron chi connectivity index (χ0n) is 11.0. The van der Waals surface area contributed by atoms with Crippen molar-refractivity contribution in [3.63, 3.8) is 0 Å². The number of carbonyl (C=O) groups is 1. The van der Waals surface area contributed by atoms with E-state index >= 15 is 0 Å². The Bertz CT molecular complexity index is 176. The third kappa shape index (κ3) is 13.3. The largest absolute Gasteiger partial charge is 0.379 e. The van der Waals surface area contributed by atoms with E-state index in [9.17, 15) is 4.79 Å². The number of rotatable bonds is 12. The molecular formula is C12H25NO4. The van der Waals surface area contributed by atoms with Crippen LogP contribution < -0.4 is 5.32 Å². The first-order chi connectivity index (χ1) is 8.31. The van der Waals surface area contributed by atoms with Crippen LogP contribution in [0.25, 0.3) is 0 Å². The van der Waals surface area contributed by atoms with Crippen LogP contribution in [0.4, 0.5) is 0 Å². The van der Waals surface area contributed by atoms with Crippen molar-refractivity contribution in [3.05, 3.63) is 0 Å². The maximum Gasteiger partial charge on any atom is 0.219 e. The Morgan fingerprint density at radius 2 is 1.41 bits per heavy atom. The van der Waals surface area contributed by atoms with E-state index in [0.717, 1.165) is 13.0 Å². The Labute approximate surface area is 104 Å². The second-order valence-corrected chi connectivity index (χ2v) is 3.54. The van der Waals surface area contributed by atoms with Crippen molar-refractivity contribution in [1.82, 2.24) is 5.32 Å². The molecule has 0 spiro atoms. The van der Waals surface area contributed by atoms with Crippen LogP contribution in [0, 0.1) is 0 Å². The standard InChI is InChI=1S/C12H25NO4/c1-3-6-15-8-10-17-11-9-16-7-5-13-12(14)4-2/h3-11H2,1-2H3,(H,13,14). The highest BCUT2D eigenvalue weighted by atomic mass is 16.5. The minimum atomic E-state index is 0.0536. The fraction of sp³-hybridized carbons (Fsp3) is 0.917. The minimum absolute atomic E-state index is 0.0536. The second-order valence-electron chi connectivity index (χ2n) is 3.54. The molecule has 0 aromatic heterocycles. The van der Waals surface area contributed by atoms with Crippen molar-refractivity contribution >= 4 is 5.91 Å². The molecule has 5 heteroatoms. The maximum atomic E-state index is 10.9. The maximum absolute atomic E-state index is 10.9. The average molecular weight is 247 g/mol. The van der Waals surface area contributed by atoms with Crippen LogP contribution in [0.2, 0.25) is 0 Å². The molecule has 0 unspecified atom stereocenters. The molecule has 0 aliphatic carbocycles. The minimum Gasteiger partial charge on any atom is -0.379 e. The molecule has 5 nitrogen and oxygen atoms in total. The van der Waals surface area contributed by atoms with Gasteiger partial charge in [0.15, 0.2) is 0 Å². The lowest BCUT2D eigenvalue weighted by atomic mass is 10.4. The Hall–Kier alpha value is -0.650. The summed E-state index contributed by atoms with van der Waals surface area (Å²) in [5.41, 5.74) is 0. The molecule has 0 radical (unpaired) electrons. The van der Waals surface area contributed by atoms with Crippen molar-refractivity contribution in [1.29, 1.82) is 0 Å². The molecule has 0 saturated carbocycles. The van der Waals surface area contributed by atoms with Gasteiger partial charge in [0.1, 0.15) is 0 Å². The molecule has 1 amide bonds. The van der Waals surface area contributed by atoms with E-state index in [-0.39, 0.29) is 5.91 Å². The summed E-state index contributed by atoms with van der Waals surface area (Å²) in [7, 11) is 0. The van der Waals surface area contributed by atoms with E-state index in [4.69, 9.17) is 14.2 Å². The lowest BCUT2D eigenvalue weighted by Crippen LogP contribution is -2.26. The van der Waals surface area contributed by atoms with Gasteiger partial charge < -0.3 is 19.5 Å². The summed E-state index contributed by atoms with van der Waals surface area (Å²) >= 11 is 0. The molecule has 0 atom stereocenters. The van der Waals surface area contributed by atoms with E-state index in [1.165, 1.54) is 0 Å². The van der Waals surface area contributed by atoms with Gasteiger partial charge in [-0.25, -0.2) is 0 Å². The monoisotopic (exact) mass is 247 g/mol. The summed E-state index contributed by atoms with van der Waals surface area (Å²) in [4.78, 5) is 10.9. The summed E-state index contributed by atoms with van der Waals surface area (Å²) in [6.45, 7) is 8.14. The van der Waals surface area contributed by atoms with Gasteiger partial charge in [-0.3, -0.25) is 4.79 Å². The highest BCUT2D eigenvalue weighted by Crippen LogP contribution is 1.83. The van der Waals surface area contributed by atoms with Gasteiger partial charge in [0.05, 0.1) is 33.0 Å². The topological polar surface area (TPSA) is 56.8 Å². The number of carbonyl (C=O) groups excluding carboxylic acids is 1. The molecule has 0 heterocycles. The third-order valence-corrected chi connectivity index (χ3v) is 1.98. The van der Waals surface area contributed by atoms with Gasteiger partial charge in [-0.15, -0.1) is 0 Å². The number of hydrogen-bond donors (Lipinski definition) is 1. The Balaban J connectivity index is 2.96. The Morgan fingerprint density at radius 1 is 0.882 bits per heavy atom. The van der Waals surface area contributed by atoms with Crippen molar-refractivity contribution < 1.29 is 19.0 Å². The predicted octanol–water partition coefficient (Wildman–Crippen LogP) is 0.972. The number of amides is 1. The van der Waals surface area contributed by atoms with E-state index in [2.05, 4.69) is 12.2 Å². The van der Waals surface area contributed by atoms with Crippen LogP contribution in [-0.4, -0.2) is 52.1 Å². The fourth-order valence-electron chi connectivity index (χ4n) is 1.07. The summed E-state index contributed by atoms with van der Waals surface area (Å²) in [6, 6.07) is 0. The molecule has 1 N–H and O–H groups in total. The molecule has 0 bridgehead atoms. The lowest BCUT2D eigenvalue weighted by Gasteiger charge is -2.07. The van der Waals surface area contributed by atoms with Crippen LogP contribution in [0.5, 0.6) is 0 Å². The zero-order valence-corrected chi connectivity index (χ0v) is 11.0. The molecule has 0 aromatic carbocycles. The second kappa shape index (κ2) is 13.4. The number of ether oxygens (including phenoxy) is 3. The van der Waals surface area contributed by atoms with Crippen LogP contribution >= 0.6 is 0 Å². The van der Waals surface area contributed by atoms with E-state index in [0.29, 0.717) is 46.0 Å². The van der Waals surface area contributed by atoms with E-state index in [1.54, 1.807) is 0 Å². The van der Waals surface area contributed by atoms with Crippen molar-refractivity contribution in [3.8, 4) is 0 Å². The third-order valence-electron chi connectivity index (χ3n) is 1.98. The first-order valence-electron chi connectivity index (χ1n) is 6.31. The van der Waals surface area contributed by atoms with Crippen LogP contribution in [-0.2, 0) is 19.0 Å². The van der Waals surface area contributed by atoms with E-state index < -0.39 is 0 Å². The molecular weight excluding hydrogens is 222 g/mol. The SMILES string of the molecule is CCCOCCOCCOCCNC(=O)CC. The highest BCUT2D eigenvalue weighted by Gasteiger charge is 1.95. The van der Waals surface area contributed by atoms with Gasteiger partial charge in [0.25, 0.3) is 0 Å². The van der Waals surface area contributed by atoms with Crippen molar-refractivity contribution in [2.75, 3.05) is 46.2 Å². The Morgan fingerprint density at radius 3 is 1.94 bits per heavy atom. The first kappa shape index (κ1) is 16.4. The lowest BCUT2D eigenvalue weighted by molar-refractivity contribution is -0.121. The first-order valence-corrected chi connectivity index (χ1v) is 6.31. The normalized spacial score (nSPS) is 10.5. The average Bonchev–Trinajstić information content (AvgIpc) is 2.35. The number of nitrogens with one attached hydrogen (secondary N) is 1. The van der Waals surface area contributed by atoms with Crippen molar-refractivity contribution in [2.45, 2.75) is 26.7 Å². The molecule has 0 aliphatic rings. The Kier molecular flexibility index (Phi) is 12.9. The summed E-state index contributed by atoms with van der Waals surface area (Å²) in [5, 5.41) is 2.73. The van der Waals surface area contributed by atoms with Crippen molar-refractivity contribution in [2.24, 2.45) is 0 Å². The summed E-state index contributed by atoms with van der Waals surface area (Å²) < 4.78 is 15.8. The van der Waals surface area contributed by atoms with Gasteiger partial charge in [0.2, 0.25) is 5.91 Å². The van der Waals surface area contributed by atoms with Crippen LogP contribution in [0.15, 0.2) is 0 Å². The number of hydrogen-bond acceptors (Lipinski definition) is 4. The molecule has 0 saturated heterocycles. The fourth-order valence-corrected chi connectivity index (χ4v) is 1.07. The molecule has 0 aromatic rings. The van der Waals surface area contributed by atoms with Crippen LogP contribution in [0.3, 0.4) is 0 Å². The molecule has 17 heavy (non-hydrogen) atoms. The van der Waals surface area contributed by atoms with Gasteiger partial charge >= 0.3 is 0 Å². The summed E-state index contributed by atoms with van der Waals surface area (Å²) in [6.07, 6.45) is 1.55. The van der Waals surface area contributed by atoms with Gasteiger partial charge in [-0.2, -0.15) is 0 Å². The summed E-state index contributed by atoms with van der Waals surface area (Å²) in [5.74, 6) is 0.0536. The molecule has 0 rings (SSSR count). The smallest absolute Gasteiger partial charge is 0.219 e. The molecule has 0 fully saturated rings. The van der Waals surface area contributed by atoms with Gasteiger partial charge in [-0.05, 0) is 6.42 Å². The zero-order chi connectivity index (χ0) is 12.8. The predicted molar refractivity (Wildman–Crippen MR) is 66.0 cm³/mol. The highest BCUT2D eigenvalue weighted by molar-refractivity contribution is 5.75. The van der Waals surface area contributed by atoms with Gasteiger partial charge in [-0.1, -0.05) is 13.8 Å². The van der Waals surface area contributed by atoms with E-state index in [1.807, 2.05) is 6.92 Å². The van der Waals surface area contributed by atoms with Gasteiger partial charge in [0, 0.05) is 19.6 Å².